The molecule has 8 bridgehead atoms. The second-order valence-corrected chi connectivity index (χ2v) is 17.8. The number of aromatic nitrogens is 4. The standard InChI is InChI=1S/C47H65N5O13/c1-8-26-22(3)32-17-35-28(20-63-47-45(61)43(59)41(57)37(19-54)65-47)24(5)31(50-35)16-33-23(4)27(39(51-33)25(6)30-14-21(2)29(48-30)15-34(26)49-32)10-11-38(55)52(7)12-9-13-62-46-44(60)42(58)40(56)36(18-53)64-46/h14-17,23,27,36-37,40-47,49-50,53-54,56-61H,8-13,18-20H2,1-7H3/t23-,27-,36+,37+,40+,41+,42-,43-,44+,45+,46+,47+/m0/s1. The maximum Gasteiger partial charge on any atom is 0.222 e. The summed E-state index contributed by atoms with van der Waals surface area (Å²) in [6.07, 6.45) is -9.96. The van der Waals surface area contributed by atoms with Crippen LogP contribution in [0.3, 0.4) is 0 Å². The molecule has 7 rings (SSSR count). The van der Waals surface area contributed by atoms with E-state index in [1.807, 2.05) is 32.9 Å². The van der Waals surface area contributed by atoms with E-state index in [1.54, 1.807) is 11.9 Å². The molecule has 3 aromatic heterocycles. The van der Waals surface area contributed by atoms with Gasteiger partial charge in [-0.3, -0.25) is 9.78 Å². The summed E-state index contributed by atoms with van der Waals surface area (Å²) in [5.41, 5.74) is 12.4. The first kappa shape index (κ1) is 48.8. The fraction of sp³-hybridized carbons (Fsp3) is 0.596. The van der Waals surface area contributed by atoms with Gasteiger partial charge in [-0.2, -0.15) is 0 Å². The van der Waals surface area contributed by atoms with Crippen molar-refractivity contribution in [1.29, 1.82) is 0 Å². The van der Waals surface area contributed by atoms with Crippen LogP contribution in [-0.4, -0.2) is 166 Å². The second-order valence-electron chi connectivity index (χ2n) is 17.8. The van der Waals surface area contributed by atoms with E-state index in [9.17, 15) is 45.6 Å². The highest BCUT2D eigenvalue weighted by molar-refractivity contribution is 5.85. The van der Waals surface area contributed by atoms with Crippen molar-refractivity contribution in [2.45, 2.75) is 147 Å². The molecule has 0 saturated carbocycles. The number of carbonyl (C=O) groups is 1. The second kappa shape index (κ2) is 20.4. The smallest absolute Gasteiger partial charge is 0.222 e. The average molecular weight is 908 g/mol. The zero-order chi connectivity index (χ0) is 47.0. The number of allylic oxidation sites excluding steroid dienone is 1. The first-order chi connectivity index (χ1) is 31.0. The van der Waals surface area contributed by atoms with Crippen molar-refractivity contribution in [3.8, 4) is 0 Å². The predicted octanol–water partition coefficient (Wildman–Crippen LogP) is 2.01. The summed E-state index contributed by atoms with van der Waals surface area (Å²) in [5, 5.41) is 81.3. The van der Waals surface area contributed by atoms with Crippen molar-refractivity contribution in [3.05, 3.63) is 68.8 Å². The van der Waals surface area contributed by atoms with Gasteiger partial charge < -0.3 is 74.7 Å². The minimum Gasteiger partial charge on any atom is -0.394 e. The molecule has 0 unspecified atom stereocenters. The zero-order valence-corrected chi connectivity index (χ0v) is 38.1. The van der Waals surface area contributed by atoms with Gasteiger partial charge in [0.2, 0.25) is 5.91 Å². The van der Waals surface area contributed by atoms with Crippen LogP contribution in [0.1, 0.15) is 102 Å². The molecule has 10 N–H and O–H groups in total. The Morgan fingerprint density at radius 1 is 0.754 bits per heavy atom. The average Bonchev–Trinajstić information content (AvgIpc) is 4.00. The monoisotopic (exact) mass is 907 g/mol. The van der Waals surface area contributed by atoms with E-state index >= 15 is 0 Å². The van der Waals surface area contributed by atoms with Crippen molar-refractivity contribution in [1.82, 2.24) is 24.8 Å². The van der Waals surface area contributed by atoms with Gasteiger partial charge in [0.05, 0.1) is 37.8 Å². The highest BCUT2D eigenvalue weighted by Crippen LogP contribution is 2.42. The molecule has 18 heteroatoms. The van der Waals surface area contributed by atoms with Gasteiger partial charge in [-0.05, 0) is 99.1 Å². The SMILES string of the molecule is CCc1c(C)c2cc3[nH]c(cc4nc(c(C)c5nc(cc1[nH]2)C(C)=C5)[C@@H](CCC(=O)N(C)CCCO[C@@H]1O[C@H](CO)[C@@H](O)[C@H](O)[C@H]1O)[C@@H]4C)c(C)c3CO[C@@H]1O[C@H](CO)[C@@H](O)[C@H](O)[C@H]1O. The van der Waals surface area contributed by atoms with Crippen molar-refractivity contribution >= 4 is 39.6 Å². The van der Waals surface area contributed by atoms with Crippen LogP contribution in [0.5, 0.6) is 0 Å². The molecule has 2 saturated heterocycles. The fourth-order valence-corrected chi connectivity index (χ4v) is 9.31. The molecular weight excluding hydrogens is 843 g/mol. The molecular formula is C47H65N5O13. The van der Waals surface area contributed by atoms with Crippen LogP contribution in [-0.2, 0) is 36.8 Å². The number of H-pyrrole nitrogens is 2. The molecule has 0 aliphatic carbocycles. The summed E-state index contributed by atoms with van der Waals surface area (Å²) >= 11 is 0. The zero-order valence-electron chi connectivity index (χ0n) is 38.1. The van der Waals surface area contributed by atoms with Gasteiger partial charge in [0, 0.05) is 70.9 Å². The number of amides is 1. The van der Waals surface area contributed by atoms with Crippen LogP contribution in [0.2, 0.25) is 0 Å². The molecule has 0 aromatic carbocycles. The number of aliphatic hydroxyl groups is 8. The molecule has 12 atom stereocenters. The summed E-state index contributed by atoms with van der Waals surface area (Å²) < 4.78 is 22.9. The van der Waals surface area contributed by atoms with Gasteiger partial charge in [0.25, 0.3) is 0 Å². The predicted molar refractivity (Wildman–Crippen MR) is 239 cm³/mol. The van der Waals surface area contributed by atoms with Crippen molar-refractivity contribution in [2.24, 2.45) is 0 Å². The number of ether oxygens (including phenoxy) is 4. The van der Waals surface area contributed by atoms with Gasteiger partial charge >= 0.3 is 0 Å². The summed E-state index contributed by atoms with van der Waals surface area (Å²) in [4.78, 5) is 32.9. The summed E-state index contributed by atoms with van der Waals surface area (Å²) in [6.45, 7) is 11.6. The number of aromatic amines is 2. The molecule has 2 fully saturated rings. The van der Waals surface area contributed by atoms with Crippen LogP contribution >= 0.6 is 0 Å². The van der Waals surface area contributed by atoms with E-state index < -0.39 is 74.6 Å². The fourth-order valence-electron chi connectivity index (χ4n) is 9.31. The van der Waals surface area contributed by atoms with E-state index in [0.29, 0.717) is 19.4 Å². The van der Waals surface area contributed by atoms with Crippen molar-refractivity contribution < 1.29 is 64.6 Å². The van der Waals surface area contributed by atoms with Crippen LogP contribution < -0.4 is 0 Å². The largest absolute Gasteiger partial charge is 0.394 e. The van der Waals surface area contributed by atoms with E-state index in [4.69, 9.17) is 28.9 Å². The number of aryl methyl sites for hydroxylation is 3. The molecule has 7 heterocycles. The molecule has 0 radical (unpaired) electrons. The Labute approximate surface area is 377 Å². The first-order valence-corrected chi connectivity index (χ1v) is 22.5. The Morgan fingerprint density at radius 2 is 1.34 bits per heavy atom. The maximum absolute atomic E-state index is 13.6. The summed E-state index contributed by atoms with van der Waals surface area (Å²) in [6, 6.07) is 6.11. The lowest BCUT2D eigenvalue weighted by molar-refractivity contribution is -0.304. The topological polar surface area (TPSA) is 276 Å². The highest BCUT2D eigenvalue weighted by Gasteiger charge is 2.45. The van der Waals surface area contributed by atoms with Gasteiger partial charge in [0.1, 0.15) is 48.8 Å². The van der Waals surface area contributed by atoms with Crippen LogP contribution in [0.25, 0.3) is 33.7 Å². The molecule has 4 aliphatic heterocycles. The highest BCUT2D eigenvalue weighted by atomic mass is 16.7. The van der Waals surface area contributed by atoms with Crippen LogP contribution in [0, 0.1) is 20.8 Å². The molecule has 0 spiro atoms. The Bertz CT molecular complexity index is 2400. The normalized spacial score (nSPS) is 29.2. The third kappa shape index (κ3) is 9.82. The minimum absolute atomic E-state index is 0.0480. The lowest BCUT2D eigenvalue weighted by Gasteiger charge is -2.39. The maximum atomic E-state index is 13.6. The Morgan fingerprint density at radius 3 is 1.95 bits per heavy atom. The number of nitrogens with one attached hydrogen (secondary N) is 2. The number of hydrogen-bond acceptors (Lipinski definition) is 15. The lowest BCUT2D eigenvalue weighted by Crippen LogP contribution is -2.59. The van der Waals surface area contributed by atoms with E-state index in [-0.39, 0.29) is 37.4 Å². The number of aliphatic hydroxyl groups excluding tert-OH is 8. The van der Waals surface area contributed by atoms with Gasteiger partial charge in [-0.1, -0.05) is 13.8 Å². The number of fused-ring (bicyclic) bond motifs is 8. The van der Waals surface area contributed by atoms with Gasteiger partial charge in [-0.15, -0.1) is 0 Å². The van der Waals surface area contributed by atoms with Crippen molar-refractivity contribution in [2.75, 3.05) is 33.4 Å². The Balaban J connectivity index is 1.19. The molecule has 4 aliphatic rings. The number of nitrogens with zero attached hydrogens (tertiary/aromatic N) is 3. The van der Waals surface area contributed by atoms with E-state index in [2.05, 4.69) is 42.9 Å². The number of carbonyl (C=O) groups excluding carboxylic acids is 1. The van der Waals surface area contributed by atoms with Crippen molar-refractivity contribution in [3.63, 3.8) is 0 Å². The number of hydrogen-bond donors (Lipinski definition) is 10. The first-order valence-electron chi connectivity index (χ1n) is 22.5. The summed E-state index contributed by atoms with van der Waals surface area (Å²) in [5.74, 6) is -0.316. The molecule has 18 nitrogen and oxygen atoms in total. The molecule has 65 heavy (non-hydrogen) atoms. The third-order valence-electron chi connectivity index (χ3n) is 13.7. The number of rotatable bonds is 14. The Hall–Kier alpha value is -4.15. The quantitative estimate of drug-likeness (QED) is 0.104. The van der Waals surface area contributed by atoms with E-state index in [0.717, 1.165) is 84.7 Å². The summed E-state index contributed by atoms with van der Waals surface area (Å²) in [7, 11) is 1.72. The van der Waals surface area contributed by atoms with Gasteiger partial charge in [-0.25, -0.2) is 4.98 Å². The van der Waals surface area contributed by atoms with Crippen LogP contribution in [0.4, 0.5) is 0 Å². The van der Waals surface area contributed by atoms with Crippen LogP contribution in [0.15, 0.2) is 18.2 Å². The molecule has 3 aromatic rings. The molecule has 1 amide bonds. The van der Waals surface area contributed by atoms with E-state index in [1.165, 1.54) is 0 Å². The third-order valence-corrected chi connectivity index (χ3v) is 13.7. The Kier molecular flexibility index (Phi) is 15.3. The van der Waals surface area contributed by atoms with Gasteiger partial charge in [0.15, 0.2) is 12.6 Å². The minimum atomic E-state index is -1.58. The lowest BCUT2D eigenvalue weighted by atomic mass is 9.85. The molecule has 356 valence electrons.